The fourth-order valence-corrected chi connectivity index (χ4v) is 2.82. The zero-order valence-corrected chi connectivity index (χ0v) is 13.4. The Labute approximate surface area is 135 Å². The number of hydrogen-bond acceptors (Lipinski definition) is 2. The minimum Gasteiger partial charge on any atom is -0.271 e. The number of nitrogens with two attached hydrogens (primary N) is 1. The second-order valence-corrected chi connectivity index (χ2v) is 5.95. The summed E-state index contributed by atoms with van der Waals surface area (Å²) in [6.45, 7) is 0. The van der Waals surface area contributed by atoms with Gasteiger partial charge in [-0.3, -0.25) is 11.3 Å². The second-order valence-electron chi connectivity index (χ2n) is 4.31. The molecule has 3 N–H and O–H groups in total. The molecule has 0 aliphatic heterocycles. The Morgan fingerprint density at radius 2 is 2.00 bits per heavy atom. The van der Waals surface area contributed by atoms with Crippen LogP contribution in [-0.2, 0) is 6.42 Å². The van der Waals surface area contributed by atoms with Crippen molar-refractivity contribution in [1.82, 2.24) is 5.43 Å². The van der Waals surface area contributed by atoms with Gasteiger partial charge in [-0.25, -0.2) is 4.39 Å². The number of rotatable bonds is 4. The van der Waals surface area contributed by atoms with Gasteiger partial charge in [0.2, 0.25) is 0 Å². The minimum absolute atomic E-state index is 0.210. The van der Waals surface area contributed by atoms with Gasteiger partial charge in [-0.2, -0.15) is 0 Å². The van der Waals surface area contributed by atoms with E-state index in [1.54, 1.807) is 18.2 Å². The van der Waals surface area contributed by atoms with Crippen molar-refractivity contribution in [1.29, 1.82) is 0 Å². The third kappa shape index (κ3) is 3.51. The van der Waals surface area contributed by atoms with Crippen LogP contribution in [0.1, 0.15) is 17.2 Å². The molecule has 0 saturated carbocycles. The summed E-state index contributed by atoms with van der Waals surface area (Å²) >= 11 is 15.4. The predicted octanol–water partition coefficient (Wildman–Crippen LogP) is 4.64. The molecule has 1 unspecified atom stereocenters. The van der Waals surface area contributed by atoms with Crippen molar-refractivity contribution in [2.45, 2.75) is 12.5 Å². The van der Waals surface area contributed by atoms with Crippen LogP contribution in [0.5, 0.6) is 0 Å². The quantitative estimate of drug-likeness (QED) is 0.601. The summed E-state index contributed by atoms with van der Waals surface area (Å²) in [5, 5.41) is 0.947. The van der Waals surface area contributed by atoms with Gasteiger partial charge in [-0.05, 0) is 51.7 Å². The van der Waals surface area contributed by atoms with Crippen molar-refractivity contribution >= 4 is 39.1 Å². The van der Waals surface area contributed by atoms with E-state index in [1.807, 2.05) is 12.1 Å². The molecule has 0 aliphatic carbocycles. The lowest BCUT2D eigenvalue weighted by atomic mass is 9.99. The summed E-state index contributed by atoms with van der Waals surface area (Å²) in [4.78, 5) is 0. The highest BCUT2D eigenvalue weighted by molar-refractivity contribution is 9.10. The first-order valence-electron chi connectivity index (χ1n) is 5.87. The first-order valence-corrected chi connectivity index (χ1v) is 7.41. The molecule has 0 radical (unpaired) electrons. The molecule has 2 aromatic carbocycles. The zero-order valence-electron chi connectivity index (χ0n) is 10.3. The van der Waals surface area contributed by atoms with E-state index in [0.717, 1.165) is 11.1 Å². The first kappa shape index (κ1) is 15.7. The lowest BCUT2D eigenvalue weighted by molar-refractivity contribution is 0.550. The SMILES string of the molecule is NNC(Cc1ccc(F)c(Br)c1)c1cccc(Cl)c1Cl. The summed E-state index contributed by atoms with van der Waals surface area (Å²) < 4.78 is 13.7. The third-order valence-electron chi connectivity index (χ3n) is 2.98. The third-order valence-corrected chi connectivity index (χ3v) is 4.42. The Balaban J connectivity index is 2.28. The van der Waals surface area contributed by atoms with Gasteiger partial charge in [0.05, 0.1) is 20.6 Å². The van der Waals surface area contributed by atoms with Crippen LogP contribution in [0.3, 0.4) is 0 Å². The lowest BCUT2D eigenvalue weighted by Crippen LogP contribution is -2.29. The summed E-state index contributed by atoms with van der Waals surface area (Å²) in [6, 6.07) is 10.0. The van der Waals surface area contributed by atoms with Crippen LogP contribution >= 0.6 is 39.1 Å². The van der Waals surface area contributed by atoms with E-state index in [4.69, 9.17) is 29.0 Å². The molecule has 2 aromatic rings. The maximum Gasteiger partial charge on any atom is 0.137 e. The Kier molecular flexibility index (Phi) is 5.41. The van der Waals surface area contributed by atoms with Gasteiger partial charge >= 0.3 is 0 Å². The van der Waals surface area contributed by atoms with Crippen LogP contribution < -0.4 is 11.3 Å². The van der Waals surface area contributed by atoms with Gasteiger partial charge in [0.1, 0.15) is 5.82 Å². The Hall–Kier alpha value is -0.650. The van der Waals surface area contributed by atoms with E-state index in [1.165, 1.54) is 6.07 Å². The molecular weight excluding hydrogens is 366 g/mol. The van der Waals surface area contributed by atoms with E-state index in [2.05, 4.69) is 21.4 Å². The zero-order chi connectivity index (χ0) is 14.7. The van der Waals surface area contributed by atoms with Crippen LogP contribution in [-0.4, -0.2) is 0 Å². The van der Waals surface area contributed by atoms with Crippen molar-refractivity contribution < 1.29 is 4.39 Å². The van der Waals surface area contributed by atoms with Gasteiger partial charge in [0.25, 0.3) is 0 Å². The fraction of sp³-hybridized carbons (Fsp3) is 0.143. The smallest absolute Gasteiger partial charge is 0.137 e. The van der Waals surface area contributed by atoms with Crippen LogP contribution in [0.2, 0.25) is 10.0 Å². The normalized spacial score (nSPS) is 12.4. The Morgan fingerprint density at radius 3 is 2.65 bits per heavy atom. The molecule has 0 heterocycles. The highest BCUT2D eigenvalue weighted by Gasteiger charge is 2.16. The van der Waals surface area contributed by atoms with Crippen molar-refractivity contribution in [2.75, 3.05) is 0 Å². The van der Waals surface area contributed by atoms with Crippen LogP contribution in [0.15, 0.2) is 40.9 Å². The minimum atomic E-state index is -0.299. The summed E-state index contributed by atoms with van der Waals surface area (Å²) in [7, 11) is 0. The molecule has 0 bridgehead atoms. The van der Waals surface area contributed by atoms with E-state index in [0.29, 0.717) is 20.9 Å². The molecule has 2 nitrogen and oxygen atoms in total. The maximum absolute atomic E-state index is 13.2. The largest absolute Gasteiger partial charge is 0.271 e. The first-order chi connectivity index (χ1) is 9.52. The number of benzene rings is 2. The molecule has 0 spiro atoms. The van der Waals surface area contributed by atoms with Crippen molar-refractivity contribution in [3.63, 3.8) is 0 Å². The molecular formula is C14H12BrCl2FN2. The molecule has 20 heavy (non-hydrogen) atoms. The molecule has 106 valence electrons. The molecule has 1 atom stereocenters. The van der Waals surface area contributed by atoms with Gasteiger partial charge in [0, 0.05) is 0 Å². The van der Waals surface area contributed by atoms with Gasteiger partial charge in [-0.15, -0.1) is 0 Å². The average Bonchev–Trinajstić information content (AvgIpc) is 2.43. The average molecular weight is 378 g/mol. The molecule has 2 rings (SSSR count). The summed E-state index contributed by atoms with van der Waals surface area (Å²) in [5.74, 6) is 5.30. The van der Waals surface area contributed by atoms with Crippen LogP contribution in [0, 0.1) is 5.82 Å². The van der Waals surface area contributed by atoms with Crippen LogP contribution in [0.4, 0.5) is 4.39 Å². The van der Waals surface area contributed by atoms with E-state index >= 15 is 0 Å². The van der Waals surface area contributed by atoms with Gasteiger partial charge < -0.3 is 0 Å². The van der Waals surface area contributed by atoms with Crippen molar-refractivity contribution in [3.05, 3.63) is 67.9 Å². The highest BCUT2D eigenvalue weighted by atomic mass is 79.9. The molecule has 0 aromatic heterocycles. The fourth-order valence-electron chi connectivity index (χ4n) is 1.95. The molecule has 6 heteroatoms. The second kappa shape index (κ2) is 6.87. The molecule has 0 aliphatic rings. The van der Waals surface area contributed by atoms with E-state index < -0.39 is 0 Å². The van der Waals surface area contributed by atoms with E-state index in [9.17, 15) is 4.39 Å². The summed E-state index contributed by atoms with van der Waals surface area (Å²) in [5.41, 5.74) is 4.45. The van der Waals surface area contributed by atoms with Crippen molar-refractivity contribution in [3.8, 4) is 0 Å². The molecule has 0 amide bonds. The highest BCUT2D eigenvalue weighted by Crippen LogP contribution is 2.31. The number of nitrogens with one attached hydrogen (secondary N) is 1. The lowest BCUT2D eigenvalue weighted by Gasteiger charge is -2.18. The Bertz CT molecular complexity index is 622. The Morgan fingerprint density at radius 1 is 1.25 bits per heavy atom. The number of halogens is 4. The molecule has 0 saturated heterocycles. The monoisotopic (exact) mass is 376 g/mol. The topological polar surface area (TPSA) is 38.0 Å². The standard InChI is InChI=1S/C14H12BrCl2FN2/c15-10-6-8(4-5-12(10)18)7-13(20-19)9-2-1-3-11(16)14(9)17/h1-6,13,20H,7,19H2. The number of hydrazine groups is 1. The number of hydrogen-bond donors (Lipinski definition) is 2. The van der Waals surface area contributed by atoms with Gasteiger partial charge in [0.15, 0.2) is 0 Å². The summed E-state index contributed by atoms with van der Waals surface area (Å²) in [6.07, 6.45) is 0.565. The predicted molar refractivity (Wildman–Crippen MR) is 84.3 cm³/mol. The van der Waals surface area contributed by atoms with Crippen molar-refractivity contribution in [2.24, 2.45) is 5.84 Å². The van der Waals surface area contributed by atoms with Gasteiger partial charge in [-0.1, -0.05) is 41.4 Å². The maximum atomic E-state index is 13.2. The molecule has 0 fully saturated rings. The van der Waals surface area contributed by atoms with Crippen LogP contribution in [0.25, 0.3) is 0 Å². The van der Waals surface area contributed by atoms with E-state index in [-0.39, 0.29) is 11.9 Å².